The number of unbranched alkanes of at least 4 members (excludes halogenated alkanes) is 1. The van der Waals surface area contributed by atoms with Gasteiger partial charge in [0, 0.05) is 28.8 Å². The predicted octanol–water partition coefficient (Wildman–Crippen LogP) is 2.62. The summed E-state index contributed by atoms with van der Waals surface area (Å²) < 4.78 is 0.938. The topological polar surface area (TPSA) is 125 Å². The lowest BCUT2D eigenvalue weighted by molar-refractivity contribution is -0.136. The van der Waals surface area contributed by atoms with E-state index in [0.29, 0.717) is 24.3 Å². The summed E-state index contributed by atoms with van der Waals surface area (Å²) in [4.78, 5) is 63.1. The molecule has 5 amide bonds. The molecule has 3 N–H and O–H groups in total. The molecule has 0 radical (unpaired) electrons. The van der Waals surface area contributed by atoms with E-state index in [1.165, 1.54) is 0 Å². The lowest BCUT2D eigenvalue weighted by Crippen LogP contribution is -2.54. The van der Waals surface area contributed by atoms with Crippen molar-refractivity contribution in [3.8, 4) is 0 Å². The predicted molar refractivity (Wildman–Crippen MR) is 137 cm³/mol. The van der Waals surface area contributed by atoms with Crippen LogP contribution < -0.4 is 16.0 Å². The third-order valence-corrected chi connectivity index (χ3v) is 7.54. The van der Waals surface area contributed by atoms with Crippen molar-refractivity contribution in [1.82, 2.24) is 15.5 Å². The Kier molecular flexibility index (Phi) is 7.48. The summed E-state index contributed by atoms with van der Waals surface area (Å²) >= 11 is 2.17. The van der Waals surface area contributed by atoms with Crippen molar-refractivity contribution in [2.75, 3.05) is 18.4 Å². The normalized spacial score (nSPS) is 17.3. The number of anilines is 1. The van der Waals surface area contributed by atoms with Crippen LogP contribution in [-0.4, -0.2) is 53.6 Å². The standard InChI is InChI=1S/C25H25IN4O5/c1-14-6-4-8-16(21(14)26)22(32)28-13-3-2-12-27-17-9-5-7-15-20(17)25(35)30(24(15)34)18-10-11-19(31)29-23(18)33/h4-9,18,27H,2-3,10-13H2,1H3,(H,28,32)(H,29,31,33). The lowest BCUT2D eigenvalue weighted by Gasteiger charge is -2.27. The van der Waals surface area contributed by atoms with Crippen LogP contribution in [0.3, 0.4) is 0 Å². The molecule has 35 heavy (non-hydrogen) atoms. The number of carbonyl (C=O) groups is 5. The van der Waals surface area contributed by atoms with Crippen molar-refractivity contribution in [3.05, 3.63) is 62.2 Å². The smallest absolute Gasteiger partial charge is 0.264 e. The van der Waals surface area contributed by atoms with Crippen LogP contribution in [0, 0.1) is 10.5 Å². The van der Waals surface area contributed by atoms with E-state index < -0.39 is 29.7 Å². The number of hydrogen-bond acceptors (Lipinski definition) is 6. The van der Waals surface area contributed by atoms with Gasteiger partial charge < -0.3 is 10.6 Å². The van der Waals surface area contributed by atoms with Crippen LogP contribution >= 0.6 is 22.6 Å². The van der Waals surface area contributed by atoms with E-state index in [9.17, 15) is 24.0 Å². The molecule has 1 saturated heterocycles. The molecule has 0 saturated carbocycles. The molecule has 1 atom stereocenters. The van der Waals surface area contributed by atoms with Crippen molar-refractivity contribution in [1.29, 1.82) is 0 Å². The summed E-state index contributed by atoms with van der Waals surface area (Å²) in [5, 5.41) is 8.33. The number of benzene rings is 2. The molecule has 0 spiro atoms. The fraction of sp³-hybridized carbons (Fsp3) is 0.320. The third kappa shape index (κ3) is 5.07. The molecule has 2 aliphatic rings. The molecule has 2 aromatic carbocycles. The molecule has 10 heteroatoms. The first-order chi connectivity index (χ1) is 16.8. The Labute approximate surface area is 216 Å². The SMILES string of the molecule is Cc1cccc(C(=O)NCCCCNc2cccc3c2C(=O)N(C2CCC(=O)NC2=O)C3=O)c1I. The molecule has 0 bridgehead atoms. The first-order valence-electron chi connectivity index (χ1n) is 11.4. The van der Waals surface area contributed by atoms with Gasteiger partial charge >= 0.3 is 0 Å². The largest absolute Gasteiger partial charge is 0.384 e. The summed E-state index contributed by atoms with van der Waals surface area (Å²) in [6.07, 6.45) is 1.65. The van der Waals surface area contributed by atoms with Gasteiger partial charge in [0.1, 0.15) is 6.04 Å². The number of piperidine rings is 1. The van der Waals surface area contributed by atoms with Crippen LogP contribution in [0.15, 0.2) is 36.4 Å². The van der Waals surface area contributed by atoms with Crippen molar-refractivity contribution < 1.29 is 24.0 Å². The molecule has 0 aromatic heterocycles. The molecular formula is C25H25IN4O5. The van der Waals surface area contributed by atoms with Crippen molar-refractivity contribution in [2.45, 2.75) is 38.6 Å². The molecule has 0 aliphatic carbocycles. The van der Waals surface area contributed by atoms with Gasteiger partial charge in [-0.3, -0.25) is 34.2 Å². The number of hydrogen-bond donors (Lipinski definition) is 3. The number of aryl methyl sites for hydroxylation is 1. The van der Waals surface area contributed by atoms with Gasteiger partial charge in [-0.2, -0.15) is 0 Å². The first kappa shape index (κ1) is 24.8. The Morgan fingerprint density at radius 3 is 2.57 bits per heavy atom. The van der Waals surface area contributed by atoms with E-state index in [-0.39, 0.29) is 29.9 Å². The summed E-state index contributed by atoms with van der Waals surface area (Å²) in [5.41, 5.74) is 2.72. The van der Waals surface area contributed by atoms with Gasteiger partial charge in [0.05, 0.1) is 16.7 Å². The van der Waals surface area contributed by atoms with E-state index in [4.69, 9.17) is 0 Å². The quantitative estimate of drug-likeness (QED) is 0.248. The summed E-state index contributed by atoms with van der Waals surface area (Å²) in [6, 6.07) is 9.61. The van der Waals surface area contributed by atoms with Crippen LogP contribution in [0.2, 0.25) is 0 Å². The maximum atomic E-state index is 13.1. The minimum Gasteiger partial charge on any atom is -0.384 e. The van der Waals surface area contributed by atoms with Crippen LogP contribution in [-0.2, 0) is 9.59 Å². The van der Waals surface area contributed by atoms with Gasteiger partial charge in [-0.1, -0.05) is 18.2 Å². The van der Waals surface area contributed by atoms with E-state index in [1.54, 1.807) is 24.3 Å². The zero-order valence-electron chi connectivity index (χ0n) is 19.2. The second-order valence-electron chi connectivity index (χ2n) is 8.50. The number of nitrogens with zero attached hydrogens (tertiary/aromatic N) is 1. The maximum Gasteiger partial charge on any atom is 0.264 e. The van der Waals surface area contributed by atoms with E-state index in [1.807, 2.05) is 19.1 Å². The monoisotopic (exact) mass is 588 g/mol. The summed E-state index contributed by atoms with van der Waals surface area (Å²) in [6.45, 7) is 3.01. The van der Waals surface area contributed by atoms with Gasteiger partial charge in [0.25, 0.3) is 17.7 Å². The molecule has 1 fully saturated rings. The summed E-state index contributed by atoms with van der Waals surface area (Å²) in [7, 11) is 0. The maximum absolute atomic E-state index is 13.1. The molecular weight excluding hydrogens is 563 g/mol. The molecule has 2 aromatic rings. The fourth-order valence-corrected chi connectivity index (χ4v) is 4.86. The molecule has 1 unspecified atom stereocenters. The lowest BCUT2D eigenvalue weighted by atomic mass is 10.0. The van der Waals surface area contributed by atoms with Gasteiger partial charge in [-0.05, 0) is 72.5 Å². The summed E-state index contributed by atoms with van der Waals surface area (Å²) in [5.74, 6) is -2.22. The van der Waals surface area contributed by atoms with E-state index >= 15 is 0 Å². The van der Waals surface area contributed by atoms with Crippen molar-refractivity contribution >= 4 is 57.8 Å². The van der Waals surface area contributed by atoms with Crippen LogP contribution in [0.4, 0.5) is 5.69 Å². The third-order valence-electron chi connectivity index (χ3n) is 6.11. The number of halogens is 1. The van der Waals surface area contributed by atoms with E-state index in [0.717, 1.165) is 26.9 Å². The Balaban J connectivity index is 1.31. The van der Waals surface area contributed by atoms with Gasteiger partial charge in [-0.25, -0.2) is 0 Å². The van der Waals surface area contributed by atoms with Crippen LogP contribution in [0.5, 0.6) is 0 Å². The average molecular weight is 588 g/mol. The highest BCUT2D eigenvalue weighted by Gasteiger charge is 2.45. The number of rotatable bonds is 8. The molecule has 2 heterocycles. The number of nitrogens with one attached hydrogen (secondary N) is 3. The number of amides is 5. The Hall–Kier alpha value is -3.28. The van der Waals surface area contributed by atoms with Gasteiger partial charge in [0.2, 0.25) is 11.8 Å². The molecule has 2 aliphatic heterocycles. The fourth-order valence-electron chi connectivity index (χ4n) is 4.26. The first-order valence-corrected chi connectivity index (χ1v) is 12.5. The van der Waals surface area contributed by atoms with Crippen LogP contribution in [0.1, 0.15) is 62.3 Å². The van der Waals surface area contributed by atoms with Crippen molar-refractivity contribution in [3.63, 3.8) is 0 Å². The zero-order valence-corrected chi connectivity index (χ0v) is 21.3. The van der Waals surface area contributed by atoms with E-state index in [2.05, 4.69) is 38.5 Å². The van der Waals surface area contributed by atoms with Gasteiger partial charge in [-0.15, -0.1) is 0 Å². The zero-order chi connectivity index (χ0) is 25.1. The second kappa shape index (κ2) is 10.5. The highest BCUT2D eigenvalue weighted by atomic mass is 127. The van der Waals surface area contributed by atoms with Crippen molar-refractivity contribution in [2.24, 2.45) is 0 Å². The number of imide groups is 2. The molecule has 9 nitrogen and oxygen atoms in total. The Morgan fingerprint density at radius 1 is 1.06 bits per heavy atom. The Bertz CT molecular complexity index is 1230. The molecule has 182 valence electrons. The molecule has 4 rings (SSSR count). The highest BCUT2D eigenvalue weighted by molar-refractivity contribution is 14.1. The van der Waals surface area contributed by atoms with Gasteiger partial charge in [0.15, 0.2) is 0 Å². The average Bonchev–Trinajstić information content (AvgIpc) is 3.08. The highest BCUT2D eigenvalue weighted by Crippen LogP contribution is 2.32. The van der Waals surface area contributed by atoms with Crippen LogP contribution in [0.25, 0.3) is 0 Å². The number of fused-ring (bicyclic) bond motifs is 1. The number of carbonyl (C=O) groups excluding carboxylic acids is 5. The minimum absolute atomic E-state index is 0.0779. The minimum atomic E-state index is -0.993. The second-order valence-corrected chi connectivity index (χ2v) is 9.58. The Morgan fingerprint density at radius 2 is 1.80 bits per heavy atom.